The summed E-state index contributed by atoms with van der Waals surface area (Å²) in [5.74, 6) is 0. The molecule has 2 rings (SSSR count). The lowest BCUT2D eigenvalue weighted by Crippen LogP contribution is -2.14. The topological polar surface area (TPSA) is 101 Å². The number of aryl methyl sites for hydroxylation is 1. The lowest BCUT2D eigenvalue weighted by molar-refractivity contribution is -0.384. The average molecular weight is 321 g/mol. The standard InChI is InChI=1S/C14H15N3O4S/c1-10-3-6-12(7-4-10)22(20,21)16-14-9-11(17(18)19)5-8-13(14)15-2/h3-9,15-16H,1-2H3. The van der Waals surface area contributed by atoms with Crippen molar-refractivity contribution in [2.75, 3.05) is 17.1 Å². The zero-order valence-corrected chi connectivity index (χ0v) is 12.8. The number of nitro groups is 1. The largest absolute Gasteiger partial charge is 0.386 e. The van der Waals surface area contributed by atoms with Crippen LogP contribution in [0.4, 0.5) is 17.1 Å². The molecule has 0 fully saturated rings. The van der Waals surface area contributed by atoms with Gasteiger partial charge in [0, 0.05) is 19.2 Å². The van der Waals surface area contributed by atoms with Crippen LogP contribution in [0.5, 0.6) is 0 Å². The van der Waals surface area contributed by atoms with Crippen molar-refractivity contribution in [2.24, 2.45) is 0 Å². The molecule has 0 aromatic heterocycles. The molecule has 2 aromatic carbocycles. The van der Waals surface area contributed by atoms with Gasteiger partial charge in [-0.25, -0.2) is 8.42 Å². The van der Waals surface area contributed by atoms with Gasteiger partial charge in [0.15, 0.2) is 0 Å². The molecule has 22 heavy (non-hydrogen) atoms. The SMILES string of the molecule is CNc1ccc([N+](=O)[O-])cc1NS(=O)(=O)c1ccc(C)cc1. The summed E-state index contributed by atoms with van der Waals surface area (Å²) in [6, 6.07) is 10.3. The average Bonchev–Trinajstić information content (AvgIpc) is 2.47. The summed E-state index contributed by atoms with van der Waals surface area (Å²) in [4.78, 5) is 10.3. The molecule has 0 amide bonds. The molecule has 0 aliphatic rings. The number of hydrogen-bond donors (Lipinski definition) is 2. The second-order valence-corrected chi connectivity index (χ2v) is 6.34. The highest BCUT2D eigenvalue weighted by molar-refractivity contribution is 7.92. The number of sulfonamides is 1. The number of anilines is 2. The fourth-order valence-corrected chi connectivity index (χ4v) is 2.94. The van der Waals surface area contributed by atoms with Crippen LogP contribution in [0.2, 0.25) is 0 Å². The summed E-state index contributed by atoms with van der Waals surface area (Å²) in [5, 5.41) is 13.6. The van der Waals surface area contributed by atoms with E-state index in [1.54, 1.807) is 19.2 Å². The predicted molar refractivity (Wildman–Crippen MR) is 84.6 cm³/mol. The molecule has 0 heterocycles. The molecule has 0 aliphatic heterocycles. The van der Waals surface area contributed by atoms with Gasteiger partial charge in [0.25, 0.3) is 15.7 Å². The third-order valence-electron chi connectivity index (χ3n) is 3.06. The van der Waals surface area contributed by atoms with Gasteiger partial charge in [-0.3, -0.25) is 14.8 Å². The maximum atomic E-state index is 12.4. The van der Waals surface area contributed by atoms with Gasteiger partial charge in [-0.15, -0.1) is 0 Å². The smallest absolute Gasteiger partial charge is 0.271 e. The minimum Gasteiger partial charge on any atom is -0.386 e. The Bertz CT molecular complexity index is 801. The highest BCUT2D eigenvalue weighted by Gasteiger charge is 2.18. The van der Waals surface area contributed by atoms with E-state index in [1.165, 1.54) is 30.3 Å². The number of nitrogens with zero attached hydrogens (tertiary/aromatic N) is 1. The second-order valence-electron chi connectivity index (χ2n) is 4.66. The van der Waals surface area contributed by atoms with Gasteiger partial charge in [0.1, 0.15) is 0 Å². The number of rotatable bonds is 5. The fraction of sp³-hybridized carbons (Fsp3) is 0.143. The van der Waals surface area contributed by atoms with Crippen LogP contribution >= 0.6 is 0 Å². The van der Waals surface area contributed by atoms with E-state index in [9.17, 15) is 18.5 Å². The third-order valence-corrected chi connectivity index (χ3v) is 4.44. The third kappa shape index (κ3) is 3.34. The fourth-order valence-electron chi connectivity index (χ4n) is 1.87. The molecule has 0 radical (unpaired) electrons. The Hall–Kier alpha value is -2.61. The lowest BCUT2D eigenvalue weighted by Gasteiger charge is -2.12. The molecular weight excluding hydrogens is 306 g/mol. The molecule has 0 bridgehead atoms. The molecule has 7 nitrogen and oxygen atoms in total. The zero-order valence-electron chi connectivity index (χ0n) is 12.0. The summed E-state index contributed by atoms with van der Waals surface area (Å²) in [6.07, 6.45) is 0. The summed E-state index contributed by atoms with van der Waals surface area (Å²) in [7, 11) is -2.22. The van der Waals surface area contributed by atoms with Crippen LogP contribution in [0.25, 0.3) is 0 Å². The lowest BCUT2D eigenvalue weighted by atomic mass is 10.2. The van der Waals surface area contributed by atoms with E-state index in [4.69, 9.17) is 0 Å². The number of benzene rings is 2. The van der Waals surface area contributed by atoms with Crippen LogP contribution in [0.15, 0.2) is 47.4 Å². The Balaban J connectivity index is 2.42. The molecule has 2 N–H and O–H groups in total. The quantitative estimate of drug-likeness (QED) is 0.651. The van der Waals surface area contributed by atoms with E-state index in [0.717, 1.165) is 5.56 Å². The van der Waals surface area contributed by atoms with Crippen molar-refractivity contribution in [3.63, 3.8) is 0 Å². The van der Waals surface area contributed by atoms with E-state index in [0.29, 0.717) is 5.69 Å². The Morgan fingerprint density at radius 2 is 1.68 bits per heavy atom. The summed E-state index contributed by atoms with van der Waals surface area (Å²) >= 11 is 0. The highest BCUT2D eigenvalue weighted by atomic mass is 32.2. The molecule has 0 saturated carbocycles. The minimum atomic E-state index is -3.82. The van der Waals surface area contributed by atoms with E-state index in [1.807, 2.05) is 6.92 Å². The molecule has 0 atom stereocenters. The molecule has 0 aliphatic carbocycles. The number of nitro benzene ring substituents is 1. The Morgan fingerprint density at radius 3 is 2.23 bits per heavy atom. The number of hydrogen-bond acceptors (Lipinski definition) is 5. The molecular formula is C14H15N3O4S. The first-order chi connectivity index (χ1) is 10.3. The highest BCUT2D eigenvalue weighted by Crippen LogP contribution is 2.28. The molecule has 0 saturated heterocycles. The molecule has 116 valence electrons. The molecule has 8 heteroatoms. The van der Waals surface area contributed by atoms with Crippen molar-refractivity contribution in [3.8, 4) is 0 Å². The summed E-state index contributed by atoms with van der Waals surface area (Å²) in [5.41, 5.74) is 1.31. The van der Waals surface area contributed by atoms with Crippen LogP contribution in [-0.2, 0) is 10.0 Å². The van der Waals surface area contributed by atoms with Crippen molar-refractivity contribution < 1.29 is 13.3 Å². The van der Waals surface area contributed by atoms with Gasteiger partial charge in [-0.2, -0.15) is 0 Å². The monoisotopic (exact) mass is 321 g/mol. The van der Waals surface area contributed by atoms with E-state index in [-0.39, 0.29) is 16.3 Å². The molecule has 2 aromatic rings. The normalized spacial score (nSPS) is 11.0. The summed E-state index contributed by atoms with van der Waals surface area (Å²) < 4.78 is 27.1. The number of nitrogens with one attached hydrogen (secondary N) is 2. The van der Waals surface area contributed by atoms with Crippen molar-refractivity contribution >= 4 is 27.1 Å². The van der Waals surface area contributed by atoms with Crippen molar-refractivity contribution in [3.05, 3.63) is 58.1 Å². The van der Waals surface area contributed by atoms with Crippen LogP contribution in [-0.4, -0.2) is 20.4 Å². The second kappa shape index (κ2) is 6.02. The van der Waals surface area contributed by atoms with E-state index < -0.39 is 14.9 Å². The predicted octanol–water partition coefficient (Wildman–Crippen LogP) is 2.75. The van der Waals surface area contributed by atoms with Crippen LogP contribution in [0.1, 0.15) is 5.56 Å². The van der Waals surface area contributed by atoms with Gasteiger partial charge < -0.3 is 5.32 Å². The van der Waals surface area contributed by atoms with E-state index in [2.05, 4.69) is 10.0 Å². The first-order valence-corrected chi connectivity index (χ1v) is 7.87. The Morgan fingerprint density at radius 1 is 1.05 bits per heavy atom. The van der Waals surface area contributed by atoms with Crippen molar-refractivity contribution in [2.45, 2.75) is 11.8 Å². The maximum Gasteiger partial charge on any atom is 0.271 e. The molecule has 0 spiro atoms. The summed E-state index contributed by atoms with van der Waals surface area (Å²) in [6.45, 7) is 1.85. The van der Waals surface area contributed by atoms with Gasteiger partial charge >= 0.3 is 0 Å². The minimum absolute atomic E-state index is 0.0895. The van der Waals surface area contributed by atoms with Crippen LogP contribution in [0.3, 0.4) is 0 Å². The zero-order chi connectivity index (χ0) is 16.3. The van der Waals surface area contributed by atoms with Gasteiger partial charge in [-0.05, 0) is 25.1 Å². The number of non-ortho nitro benzene ring substituents is 1. The van der Waals surface area contributed by atoms with Crippen LogP contribution in [0, 0.1) is 17.0 Å². The van der Waals surface area contributed by atoms with Crippen LogP contribution < -0.4 is 10.0 Å². The van der Waals surface area contributed by atoms with Gasteiger partial charge in [0.05, 0.1) is 21.2 Å². The Kier molecular flexibility index (Phi) is 4.32. The van der Waals surface area contributed by atoms with Gasteiger partial charge in [0.2, 0.25) is 0 Å². The maximum absolute atomic E-state index is 12.4. The van der Waals surface area contributed by atoms with Crippen molar-refractivity contribution in [1.29, 1.82) is 0 Å². The first kappa shape index (κ1) is 15.8. The van der Waals surface area contributed by atoms with Gasteiger partial charge in [-0.1, -0.05) is 17.7 Å². The van der Waals surface area contributed by atoms with E-state index >= 15 is 0 Å². The first-order valence-electron chi connectivity index (χ1n) is 6.39. The molecule has 0 unspecified atom stereocenters. The van der Waals surface area contributed by atoms with Crippen molar-refractivity contribution in [1.82, 2.24) is 0 Å². The Labute approximate surface area is 128 Å².